The summed E-state index contributed by atoms with van der Waals surface area (Å²) in [5.74, 6) is 0. The number of hydrogen-bond acceptors (Lipinski definition) is 4. The van der Waals surface area contributed by atoms with E-state index in [-0.39, 0.29) is 0 Å². The van der Waals surface area contributed by atoms with Gasteiger partial charge in [-0.15, -0.1) is 0 Å². The first-order chi connectivity index (χ1) is 12.8. The van der Waals surface area contributed by atoms with Gasteiger partial charge in [0.25, 0.3) is 10.2 Å². The van der Waals surface area contributed by atoms with Gasteiger partial charge in [-0.25, -0.2) is 12.8 Å². The maximum atomic E-state index is 15.0. The van der Waals surface area contributed by atoms with Crippen molar-refractivity contribution in [2.75, 3.05) is 31.6 Å². The van der Waals surface area contributed by atoms with E-state index >= 15 is 0 Å². The highest BCUT2D eigenvalue weighted by atomic mass is 32.2. The maximum absolute atomic E-state index is 15.0. The fourth-order valence-electron chi connectivity index (χ4n) is 2.44. The third-order valence-corrected chi connectivity index (χ3v) is 6.13. The van der Waals surface area contributed by atoms with E-state index in [4.69, 9.17) is 0 Å². The van der Waals surface area contributed by atoms with Gasteiger partial charge in [0, 0.05) is 26.3 Å². The number of nitrogens with one attached hydrogen (secondary N) is 2. The number of sulfonamides is 1. The highest BCUT2D eigenvalue weighted by molar-refractivity contribution is 7.92. The van der Waals surface area contributed by atoms with Crippen LogP contribution in [0.25, 0.3) is 11.1 Å². The van der Waals surface area contributed by atoms with Crippen molar-refractivity contribution in [3.8, 4) is 11.1 Å². The highest BCUT2D eigenvalue weighted by Crippen LogP contribution is 2.29. The second-order valence-corrected chi connectivity index (χ2v) is 10.6. The molecule has 28 heavy (non-hydrogen) atoms. The van der Waals surface area contributed by atoms with Gasteiger partial charge in [-0.05, 0) is 35.7 Å². The van der Waals surface area contributed by atoms with Gasteiger partial charge >= 0.3 is 0 Å². The predicted molar refractivity (Wildman–Crippen MR) is 109 cm³/mol. The highest BCUT2D eigenvalue weighted by Gasteiger charge is 2.28. The molecular formula is C18H24FN3O4S2. The molecule has 7 nitrogen and oxygen atoms in total. The summed E-state index contributed by atoms with van der Waals surface area (Å²) in [6, 6.07) is 13.4. The molecule has 0 aliphatic heterocycles. The Bertz CT molecular complexity index is 1030. The first-order valence-electron chi connectivity index (χ1n) is 8.35. The molecule has 1 unspecified atom stereocenters. The molecule has 2 rings (SSSR count). The number of alkyl halides is 1. The van der Waals surface area contributed by atoms with Crippen molar-refractivity contribution in [2.24, 2.45) is 0 Å². The molecule has 0 radical (unpaired) electrons. The second-order valence-electron chi connectivity index (χ2n) is 6.84. The van der Waals surface area contributed by atoms with Crippen LogP contribution in [0.2, 0.25) is 0 Å². The lowest BCUT2D eigenvalue weighted by atomic mass is 9.95. The Hall–Kier alpha value is -2.01. The van der Waals surface area contributed by atoms with Crippen LogP contribution in [-0.4, -0.2) is 48.0 Å². The van der Waals surface area contributed by atoms with Crippen LogP contribution >= 0.6 is 0 Å². The van der Waals surface area contributed by atoms with Crippen molar-refractivity contribution in [2.45, 2.75) is 12.6 Å². The van der Waals surface area contributed by atoms with Crippen LogP contribution < -0.4 is 9.44 Å². The Morgan fingerprint density at radius 1 is 1.00 bits per heavy atom. The average Bonchev–Trinajstić information content (AvgIpc) is 2.59. The molecule has 0 heterocycles. The van der Waals surface area contributed by atoms with Crippen molar-refractivity contribution in [3.63, 3.8) is 0 Å². The number of nitrogens with zero attached hydrogens (tertiary/aromatic N) is 1. The van der Waals surface area contributed by atoms with Crippen LogP contribution in [-0.2, 0) is 25.9 Å². The van der Waals surface area contributed by atoms with Crippen LogP contribution in [0.3, 0.4) is 0 Å². The van der Waals surface area contributed by atoms with E-state index in [1.165, 1.54) is 21.0 Å². The standard InChI is InChI=1S/C18H24FN3O4S2/c1-18(19,13-20-28(25,26)22(2)3)16-10-8-14(9-11-16)15-6-5-7-17(12-15)21-27(4,23)24/h5-12,20-21H,13H2,1-4H3. The van der Waals surface area contributed by atoms with E-state index in [0.717, 1.165) is 21.7 Å². The molecule has 2 N–H and O–H groups in total. The van der Waals surface area contributed by atoms with Gasteiger partial charge in [0.15, 0.2) is 0 Å². The summed E-state index contributed by atoms with van der Waals surface area (Å²) in [4.78, 5) is 0. The number of hydrogen-bond donors (Lipinski definition) is 2. The molecule has 0 aliphatic carbocycles. The molecular weight excluding hydrogens is 405 g/mol. The zero-order valence-corrected chi connectivity index (χ0v) is 17.7. The molecule has 0 saturated heterocycles. The Morgan fingerprint density at radius 2 is 1.61 bits per heavy atom. The molecule has 0 fully saturated rings. The summed E-state index contributed by atoms with van der Waals surface area (Å²) in [6.45, 7) is 0.900. The first kappa shape index (κ1) is 22.3. The van der Waals surface area contributed by atoms with Gasteiger partial charge in [0.05, 0.1) is 6.26 Å². The van der Waals surface area contributed by atoms with Crippen molar-refractivity contribution < 1.29 is 21.2 Å². The molecule has 2 aromatic rings. The van der Waals surface area contributed by atoms with E-state index in [1.807, 2.05) is 6.07 Å². The summed E-state index contributed by atoms with van der Waals surface area (Å²) in [6.07, 6.45) is 1.07. The van der Waals surface area contributed by atoms with Crippen LogP contribution in [0, 0.1) is 0 Å². The summed E-state index contributed by atoms with van der Waals surface area (Å²) in [5.41, 5.74) is 0.377. The van der Waals surface area contributed by atoms with Crippen molar-refractivity contribution >= 4 is 25.9 Å². The van der Waals surface area contributed by atoms with Gasteiger partial charge in [-0.2, -0.15) is 17.4 Å². The molecule has 0 saturated carbocycles. The van der Waals surface area contributed by atoms with E-state index in [2.05, 4.69) is 9.44 Å². The number of rotatable bonds is 8. The minimum absolute atomic E-state index is 0.322. The van der Waals surface area contributed by atoms with E-state index < -0.39 is 32.4 Å². The zero-order valence-electron chi connectivity index (χ0n) is 16.1. The lowest BCUT2D eigenvalue weighted by Crippen LogP contribution is -2.41. The monoisotopic (exact) mass is 429 g/mol. The maximum Gasteiger partial charge on any atom is 0.279 e. The average molecular weight is 430 g/mol. The molecule has 10 heteroatoms. The van der Waals surface area contributed by atoms with Crippen molar-refractivity contribution in [3.05, 3.63) is 54.1 Å². The largest absolute Gasteiger partial charge is 0.284 e. The summed E-state index contributed by atoms with van der Waals surface area (Å²) < 4.78 is 66.9. The Kier molecular flexibility index (Phi) is 6.49. The van der Waals surface area contributed by atoms with E-state index in [1.54, 1.807) is 42.5 Å². The van der Waals surface area contributed by atoms with Gasteiger partial charge in [-0.3, -0.25) is 4.72 Å². The Labute approximate surface area is 165 Å². The van der Waals surface area contributed by atoms with Crippen LogP contribution in [0.15, 0.2) is 48.5 Å². The van der Waals surface area contributed by atoms with Crippen LogP contribution in [0.1, 0.15) is 12.5 Å². The molecule has 2 aromatic carbocycles. The molecule has 0 spiro atoms. The van der Waals surface area contributed by atoms with E-state index in [9.17, 15) is 21.2 Å². The first-order valence-corrected chi connectivity index (χ1v) is 11.7. The molecule has 0 aromatic heterocycles. The number of halogens is 1. The van der Waals surface area contributed by atoms with Gasteiger partial charge in [0.1, 0.15) is 5.67 Å². The van der Waals surface area contributed by atoms with E-state index in [0.29, 0.717) is 11.3 Å². The quantitative estimate of drug-likeness (QED) is 0.673. The van der Waals surface area contributed by atoms with Gasteiger partial charge in [0.2, 0.25) is 10.0 Å². The predicted octanol–water partition coefficient (Wildman–Crippen LogP) is 2.31. The molecule has 154 valence electrons. The minimum atomic E-state index is -3.72. The smallest absolute Gasteiger partial charge is 0.279 e. The third kappa shape index (κ3) is 5.99. The topological polar surface area (TPSA) is 95.6 Å². The number of anilines is 1. The fourth-order valence-corrected chi connectivity index (χ4v) is 3.71. The molecule has 1 atom stereocenters. The normalized spacial score (nSPS) is 14.6. The third-order valence-electron chi connectivity index (χ3n) is 4.05. The van der Waals surface area contributed by atoms with Gasteiger partial charge in [-0.1, -0.05) is 36.4 Å². The van der Waals surface area contributed by atoms with Crippen molar-refractivity contribution in [1.82, 2.24) is 9.03 Å². The SMILES string of the molecule is CN(C)S(=O)(=O)NCC(C)(F)c1ccc(-c2cccc(NS(C)(=O)=O)c2)cc1. The Balaban J connectivity index is 2.20. The van der Waals surface area contributed by atoms with Gasteiger partial charge < -0.3 is 0 Å². The summed E-state index contributed by atoms with van der Waals surface area (Å²) in [5, 5.41) is 0. The Morgan fingerprint density at radius 3 is 2.14 bits per heavy atom. The minimum Gasteiger partial charge on any atom is -0.284 e. The lowest BCUT2D eigenvalue weighted by molar-refractivity contribution is 0.196. The lowest BCUT2D eigenvalue weighted by Gasteiger charge is -2.23. The zero-order chi connectivity index (χ0) is 21.2. The summed E-state index contributed by atoms with van der Waals surface area (Å²) in [7, 11) is -4.39. The van der Waals surface area contributed by atoms with Crippen LogP contribution in [0.4, 0.5) is 10.1 Å². The second kappa shape index (κ2) is 8.16. The molecule has 0 amide bonds. The van der Waals surface area contributed by atoms with Crippen LogP contribution in [0.5, 0.6) is 0 Å². The fraction of sp³-hybridized carbons (Fsp3) is 0.333. The summed E-state index contributed by atoms with van der Waals surface area (Å²) >= 11 is 0. The molecule has 0 bridgehead atoms. The number of benzene rings is 2. The van der Waals surface area contributed by atoms with Crippen molar-refractivity contribution in [1.29, 1.82) is 0 Å². The molecule has 0 aliphatic rings.